The molecular formula is C24H22N2O3. The van der Waals surface area contributed by atoms with E-state index in [1.165, 1.54) is 5.56 Å². The fourth-order valence-corrected chi connectivity index (χ4v) is 3.52. The van der Waals surface area contributed by atoms with Gasteiger partial charge in [-0.3, -0.25) is 9.59 Å². The van der Waals surface area contributed by atoms with E-state index in [2.05, 4.69) is 5.32 Å². The first kappa shape index (κ1) is 18.7. The lowest BCUT2D eigenvalue weighted by Crippen LogP contribution is -2.36. The van der Waals surface area contributed by atoms with Crippen molar-refractivity contribution >= 4 is 17.5 Å². The monoisotopic (exact) mass is 386 g/mol. The summed E-state index contributed by atoms with van der Waals surface area (Å²) in [6.07, 6.45) is 0.806. The van der Waals surface area contributed by atoms with Crippen molar-refractivity contribution in [2.45, 2.75) is 13.0 Å². The molecule has 4 rings (SSSR count). The van der Waals surface area contributed by atoms with Crippen LogP contribution >= 0.6 is 0 Å². The summed E-state index contributed by atoms with van der Waals surface area (Å²) < 4.78 is 5.13. The number of nitrogens with one attached hydrogen (secondary N) is 1. The summed E-state index contributed by atoms with van der Waals surface area (Å²) in [5.41, 5.74) is 4.25. The minimum Gasteiger partial charge on any atom is -0.497 e. The molecule has 1 aliphatic heterocycles. The average Bonchev–Trinajstić information content (AvgIpc) is 2.78. The number of ether oxygens (including phenoxy) is 1. The molecule has 2 amide bonds. The first-order valence-corrected chi connectivity index (χ1v) is 9.55. The van der Waals surface area contributed by atoms with E-state index in [-0.39, 0.29) is 11.8 Å². The Morgan fingerprint density at radius 3 is 2.38 bits per heavy atom. The average molecular weight is 386 g/mol. The number of rotatable bonds is 4. The van der Waals surface area contributed by atoms with Gasteiger partial charge in [-0.2, -0.15) is 0 Å². The fraction of sp³-hybridized carbons (Fsp3) is 0.167. The number of anilines is 1. The number of fused-ring (bicyclic) bond motifs is 1. The van der Waals surface area contributed by atoms with Gasteiger partial charge in [0.25, 0.3) is 11.8 Å². The van der Waals surface area contributed by atoms with Crippen LogP contribution in [-0.4, -0.2) is 30.4 Å². The molecule has 0 saturated carbocycles. The Labute approximate surface area is 169 Å². The van der Waals surface area contributed by atoms with Gasteiger partial charge in [-0.1, -0.05) is 24.3 Å². The maximum absolute atomic E-state index is 12.8. The third-order valence-electron chi connectivity index (χ3n) is 5.14. The number of carbonyl (C=O) groups is 2. The van der Waals surface area contributed by atoms with Crippen LogP contribution in [0.1, 0.15) is 31.8 Å². The molecule has 0 aliphatic carbocycles. The normalized spacial score (nSPS) is 12.8. The zero-order valence-corrected chi connectivity index (χ0v) is 16.2. The molecule has 0 radical (unpaired) electrons. The summed E-state index contributed by atoms with van der Waals surface area (Å²) >= 11 is 0. The van der Waals surface area contributed by atoms with E-state index in [1.807, 2.05) is 53.4 Å². The summed E-state index contributed by atoms with van der Waals surface area (Å²) in [6, 6.07) is 22.2. The van der Waals surface area contributed by atoms with E-state index in [4.69, 9.17) is 4.74 Å². The molecule has 0 saturated heterocycles. The summed E-state index contributed by atoms with van der Waals surface area (Å²) in [4.78, 5) is 27.1. The number of hydrogen-bond acceptors (Lipinski definition) is 3. The highest BCUT2D eigenvalue weighted by Gasteiger charge is 2.22. The quantitative estimate of drug-likeness (QED) is 0.733. The number of hydrogen-bond donors (Lipinski definition) is 1. The van der Waals surface area contributed by atoms with Crippen LogP contribution in [0.2, 0.25) is 0 Å². The molecule has 0 unspecified atom stereocenters. The Kier molecular flexibility index (Phi) is 5.29. The molecule has 3 aromatic rings. The molecule has 0 fully saturated rings. The molecule has 5 nitrogen and oxygen atoms in total. The number of nitrogens with zero attached hydrogens (tertiary/aromatic N) is 1. The van der Waals surface area contributed by atoms with E-state index in [9.17, 15) is 9.59 Å². The Morgan fingerprint density at radius 1 is 0.897 bits per heavy atom. The van der Waals surface area contributed by atoms with Crippen molar-refractivity contribution in [2.75, 3.05) is 19.0 Å². The highest BCUT2D eigenvalue weighted by Crippen LogP contribution is 2.24. The van der Waals surface area contributed by atoms with Crippen LogP contribution in [0, 0.1) is 0 Å². The molecule has 0 aromatic heterocycles. The maximum atomic E-state index is 12.8. The van der Waals surface area contributed by atoms with E-state index in [0.29, 0.717) is 30.0 Å². The molecule has 3 aromatic carbocycles. The molecule has 29 heavy (non-hydrogen) atoms. The van der Waals surface area contributed by atoms with Gasteiger partial charge >= 0.3 is 0 Å². The van der Waals surface area contributed by atoms with Crippen molar-refractivity contribution in [3.05, 3.63) is 95.1 Å². The van der Waals surface area contributed by atoms with Crippen LogP contribution in [0.4, 0.5) is 5.69 Å². The second-order valence-corrected chi connectivity index (χ2v) is 7.01. The van der Waals surface area contributed by atoms with E-state index < -0.39 is 0 Å². The van der Waals surface area contributed by atoms with Crippen LogP contribution in [0.3, 0.4) is 0 Å². The Bertz CT molecular complexity index is 1030. The smallest absolute Gasteiger partial charge is 0.255 e. The van der Waals surface area contributed by atoms with Crippen molar-refractivity contribution in [2.24, 2.45) is 0 Å². The van der Waals surface area contributed by atoms with Gasteiger partial charge in [-0.15, -0.1) is 0 Å². The van der Waals surface area contributed by atoms with Gasteiger partial charge in [-0.25, -0.2) is 0 Å². The van der Waals surface area contributed by atoms with Gasteiger partial charge in [0.05, 0.1) is 7.11 Å². The van der Waals surface area contributed by atoms with Crippen LogP contribution in [0.25, 0.3) is 0 Å². The fourth-order valence-electron chi connectivity index (χ4n) is 3.52. The molecular weight excluding hydrogens is 364 g/mol. The van der Waals surface area contributed by atoms with E-state index >= 15 is 0 Å². The zero-order valence-electron chi connectivity index (χ0n) is 16.2. The minimum atomic E-state index is -0.180. The second-order valence-electron chi connectivity index (χ2n) is 7.01. The molecule has 1 heterocycles. The Hall–Kier alpha value is -3.60. The molecule has 0 spiro atoms. The Morgan fingerprint density at radius 2 is 1.66 bits per heavy atom. The summed E-state index contributed by atoms with van der Waals surface area (Å²) in [5, 5.41) is 2.94. The second kappa shape index (κ2) is 8.19. The van der Waals surface area contributed by atoms with Gasteiger partial charge in [-0.05, 0) is 66.1 Å². The van der Waals surface area contributed by atoms with Crippen molar-refractivity contribution < 1.29 is 14.3 Å². The highest BCUT2D eigenvalue weighted by atomic mass is 16.5. The lowest BCUT2D eigenvalue weighted by atomic mass is 9.98. The standard InChI is InChI=1S/C24H22N2O3/c1-29-22-11-8-18(9-12-22)23(27)25-21-10-7-17-13-14-26(16-20(17)15-21)24(28)19-5-3-2-4-6-19/h2-12,15H,13-14,16H2,1H3,(H,25,27). The molecule has 146 valence electrons. The topological polar surface area (TPSA) is 58.6 Å². The lowest BCUT2D eigenvalue weighted by Gasteiger charge is -2.29. The SMILES string of the molecule is COc1ccc(C(=O)Nc2ccc3c(c2)CN(C(=O)c2ccccc2)CC3)cc1. The first-order chi connectivity index (χ1) is 14.1. The third-order valence-corrected chi connectivity index (χ3v) is 5.14. The van der Waals surface area contributed by atoms with E-state index in [1.54, 1.807) is 31.4 Å². The molecule has 0 bridgehead atoms. The van der Waals surface area contributed by atoms with Crippen LogP contribution in [0.5, 0.6) is 5.75 Å². The van der Waals surface area contributed by atoms with Crippen molar-refractivity contribution in [1.29, 1.82) is 0 Å². The van der Waals surface area contributed by atoms with E-state index in [0.717, 1.165) is 17.7 Å². The summed E-state index contributed by atoms with van der Waals surface area (Å²) in [5.74, 6) is 0.558. The van der Waals surface area contributed by atoms with Gasteiger partial charge in [0, 0.05) is 29.9 Å². The lowest BCUT2D eigenvalue weighted by molar-refractivity contribution is 0.0734. The molecule has 1 aliphatic rings. The Balaban J connectivity index is 1.48. The van der Waals surface area contributed by atoms with Gasteiger partial charge < -0.3 is 15.0 Å². The van der Waals surface area contributed by atoms with Crippen molar-refractivity contribution in [3.63, 3.8) is 0 Å². The van der Waals surface area contributed by atoms with Crippen molar-refractivity contribution in [3.8, 4) is 5.75 Å². The van der Waals surface area contributed by atoms with Gasteiger partial charge in [0.15, 0.2) is 0 Å². The first-order valence-electron chi connectivity index (χ1n) is 9.55. The number of carbonyl (C=O) groups excluding carboxylic acids is 2. The predicted molar refractivity (Wildman–Crippen MR) is 112 cm³/mol. The molecule has 5 heteroatoms. The summed E-state index contributed by atoms with van der Waals surface area (Å²) in [7, 11) is 1.59. The molecule has 1 N–H and O–H groups in total. The summed E-state index contributed by atoms with van der Waals surface area (Å²) in [6.45, 7) is 1.23. The van der Waals surface area contributed by atoms with Gasteiger partial charge in [0.2, 0.25) is 0 Å². The largest absolute Gasteiger partial charge is 0.497 e. The van der Waals surface area contributed by atoms with Crippen molar-refractivity contribution in [1.82, 2.24) is 4.90 Å². The van der Waals surface area contributed by atoms with Gasteiger partial charge in [0.1, 0.15) is 5.75 Å². The minimum absolute atomic E-state index is 0.0314. The van der Waals surface area contributed by atoms with Crippen LogP contribution in [0.15, 0.2) is 72.8 Å². The highest BCUT2D eigenvalue weighted by molar-refractivity contribution is 6.04. The maximum Gasteiger partial charge on any atom is 0.255 e. The predicted octanol–water partition coefficient (Wildman–Crippen LogP) is 4.15. The number of benzene rings is 3. The zero-order chi connectivity index (χ0) is 20.2. The molecule has 0 atom stereocenters. The van der Waals surface area contributed by atoms with Crippen LogP contribution in [-0.2, 0) is 13.0 Å². The number of methoxy groups -OCH3 is 1. The van der Waals surface area contributed by atoms with Crippen LogP contribution < -0.4 is 10.1 Å². The number of amides is 2. The third kappa shape index (κ3) is 4.14.